The van der Waals surface area contributed by atoms with E-state index in [1.807, 2.05) is 43.4 Å². The number of hydrogen-bond acceptors (Lipinski definition) is 4. The number of likely N-dealkylation sites (tertiary alicyclic amines) is 1. The van der Waals surface area contributed by atoms with E-state index in [4.69, 9.17) is 9.47 Å². The summed E-state index contributed by atoms with van der Waals surface area (Å²) in [6.45, 7) is 7.52. The Morgan fingerprint density at radius 3 is 2.29 bits per heavy atom. The Labute approximate surface area is 203 Å². The van der Waals surface area contributed by atoms with Gasteiger partial charge in [-0.25, -0.2) is 0 Å². The molecule has 3 rings (SSSR count). The molecule has 0 amide bonds. The highest BCUT2D eigenvalue weighted by molar-refractivity contribution is 14.0. The van der Waals surface area contributed by atoms with Gasteiger partial charge in [0.15, 0.2) is 17.5 Å². The van der Waals surface area contributed by atoms with Crippen LogP contribution in [0.5, 0.6) is 17.2 Å². The molecule has 0 atom stereocenters. The maximum Gasteiger partial charge on any atom is 0.191 e. The van der Waals surface area contributed by atoms with Crippen LogP contribution < -0.4 is 20.1 Å². The van der Waals surface area contributed by atoms with Crippen LogP contribution in [-0.4, -0.2) is 50.2 Å². The molecular weight excluding hydrogens is 503 g/mol. The lowest BCUT2D eigenvalue weighted by atomic mass is 10.0. The fraction of sp³-hybridized carbons (Fsp3) is 0.458. The van der Waals surface area contributed by atoms with E-state index >= 15 is 0 Å². The molecule has 1 aliphatic rings. The predicted octanol–water partition coefficient (Wildman–Crippen LogP) is 4.64. The first-order chi connectivity index (χ1) is 14.6. The van der Waals surface area contributed by atoms with Crippen LogP contribution in [0.1, 0.15) is 32.3 Å². The molecule has 1 aliphatic heterocycles. The number of guanidine groups is 1. The molecular formula is C24H35IN4O2. The Morgan fingerprint density at radius 2 is 1.71 bits per heavy atom. The molecule has 31 heavy (non-hydrogen) atoms. The van der Waals surface area contributed by atoms with Gasteiger partial charge in [0.25, 0.3) is 0 Å². The first-order valence-electron chi connectivity index (χ1n) is 10.7. The smallest absolute Gasteiger partial charge is 0.191 e. The van der Waals surface area contributed by atoms with Crippen molar-refractivity contribution < 1.29 is 9.47 Å². The van der Waals surface area contributed by atoms with Gasteiger partial charge in [0.1, 0.15) is 5.75 Å². The van der Waals surface area contributed by atoms with Crippen molar-refractivity contribution in [3.05, 3.63) is 54.1 Å². The molecule has 1 saturated heterocycles. The number of ether oxygens (including phenoxy) is 2. The summed E-state index contributed by atoms with van der Waals surface area (Å²) in [5.41, 5.74) is 1.17. The molecule has 170 valence electrons. The van der Waals surface area contributed by atoms with Crippen LogP contribution >= 0.6 is 24.0 Å². The average molecular weight is 538 g/mol. The predicted molar refractivity (Wildman–Crippen MR) is 138 cm³/mol. The largest absolute Gasteiger partial charge is 0.493 e. The van der Waals surface area contributed by atoms with E-state index in [2.05, 4.69) is 46.5 Å². The highest BCUT2D eigenvalue weighted by Gasteiger charge is 2.21. The molecule has 1 fully saturated rings. The topological polar surface area (TPSA) is 58.1 Å². The van der Waals surface area contributed by atoms with E-state index in [1.165, 1.54) is 5.56 Å². The summed E-state index contributed by atoms with van der Waals surface area (Å²) in [7, 11) is 3.47. The van der Waals surface area contributed by atoms with Crippen LogP contribution in [0.3, 0.4) is 0 Å². The zero-order valence-electron chi connectivity index (χ0n) is 18.9. The number of methoxy groups -OCH3 is 1. The third-order valence-electron chi connectivity index (χ3n) is 5.50. The highest BCUT2D eigenvalue weighted by Crippen LogP contribution is 2.30. The van der Waals surface area contributed by atoms with E-state index in [1.54, 1.807) is 7.11 Å². The lowest BCUT2D eigenvalue weighted by molar-refractivity contribution is 0.167. The van der Waals surface area contributed by atoms with Crippen molar-refractivity contribution in [1.29, 1.82) is 0 Å². The molecule has 0 radical (unpaired) electrons. The number of nitrogens with one attached hydrogen (secondary N) is 2. The molecule has 0 saturated carbocycles. The molecule has 7 heteroatoms. The maximum absolute atomic E-state index is 5.94. The second-order valence-corrected chi connectivity index (χ2v) is 7.87. The van der Waals surface area contributed by atoms with Crippen LogP contribution in [0, 0.1) is 0 Å². The number of para-hydroxylation sites is 2. The lowest BCUT2D eigenvalue weighted by Gasteiger charge is -2.35. The van der Waals surface area contributed by atoms with Crippen molar-refractivity contribution in [2.24, 2.45) is 4.99 Å². The molecule has 2 aromatic rings. The van der Waals surface area contributed by atoms with Gasteiger partial charge < -0.3 is 25.0 Å². The van der Waals surface area contributed by atoms with E-state index < -0.39 is 0 Å². The van der Waals surface area contributed by atoms with Gasteiger partial charge in [-0.2, -0.15) is 0 Å². The SMILES string of the molecule is CN=C(NCc1ccc(Oc2ccccc2OC)cc1)NC1CCN(C(C)C)CC1.I. The molecule has 2 aromatic carbocycles. The summed E-state index contributed by atoms with van der Waals surface area (Å²) < 4.78 is 11.3. The number of rotatable bonds is 7. The number of piperidine rings is 1. The molecule has 0 unspecified atom stereocenters. The zero-order chi connectivity index (χ0) is 21.3. The molecule has 0 spiro atoms. The van der Waals surface area contributed by atoms with Crippen LogP contribution in [0.25, 0.3) is 0 Å². The second kappa shape index (κ2) is 12.8. The van der Waals surface area contributed by atoms with E-state index in [9.17, 15) is 0 Å². The van der Waals surface area contributed by atoms with E-state index in [-0.39, 0.29) is 24.0 Å². The Bertz CT molecular complexity index is 819. The van der Waals surface area contributed by atoms with Crippen molar-refractivity contribution in [3.8, 4) is 17.2 Å². The fourth-order valence-electron chi connectivity index (χ4n) is 3.64. The first kappa shape index (κ1) is 25.3. The zero-order valence-corrected chi connectivity index (χ0v) is 21.3. The third-order valence-corrected chi connectivity index (χ3v) is 5.50. The minimum atomic E-state index is 0. The number of benzene rings is 2. The van der Waals surface area contributed by atoms with Gasteiger partial charge in [0.05, 0.1) is 7.11 Å². The van der Waals surface area contributed by atoms with Crippen LogP contribution in [-0.2, 0) is 6.54 Å². The number of halogens is 1. The highest BCUT2D eigenvalue weighted by atomic mass is 127. The minimum absolute atomic E-state index is 0. The molecule has 0 aromatic heterocycles. The van der Waals surface area contributed by atoms with Crippen LogP contribution in [0.15, 0.2) is 53.5 Å². The summed E-state index contributed by atoms with van der Waals surface area (Å²) in [4.78, 5) is 6.92. The number of nitrogens with zero attached hydrogens (tertiary/aromatic N) is 2. The molecule has 1 heterocycles. The third kappa shape index (κ3) is 7.57. The van der Waals surface area contributed by atoms with Crippen molar-refractivity contribution in [1.82, 2.24) is 15.5 Å². The van der Waals surface area contributed by atoms with Crippen molar-refractivity contribution in [2.75, 3.05) is 27.2 Å². The van der Waals surface area contributed by atoms with E-state index in [0.29, 0.717) is 24.4 Å². The molecule has 0 bridgehead atoms. The summed E-state index contributed by atoms with van der Waals surface area (Å²) in [6, 6.07) is 16.8. The summed E-state index contributed by atoms with van der Waals surface area (Å²) in [5.74, 6) is 3.06. The summed E-state index contributed by atoms with van der Waals surface area (Å²) in [6.07, 6.45) is 2.29. The van der Waals surface area contributed by atoms with Crippen molar-refractivity contribution >= 4 is 29.9 Å². The summed E-state index contributed by atoms with van der Waals surface area (Å²) in [5, 5.41) is 6.98. The minimum Gasteiger partial charge on any atom is -0.493 e. The molecule has 6 nitrogen and oxygen atoms in total. The number of hydrogen-bond donors (Lipinski definition) is 2. The first-order valence-corrected chi connectivity index (χ1v) is 10.7. The Morgan fingerprint density at radius 1 is 1.06 bits per heavy atom. The average Bonchev–Trinajstić information content (AvgIpc) is 2.78. The molecule has 2 N–H and O–H groups in total. The maximum atomic E-state index is 5.94. The monoisotopic (exact) mass is 538 g/mol. The van der Waals surface area contributed by atoms with Gasteiger partial charge in [-0.3, -0.25) is 4.99 Å². The van der Waals surface area contributed by atoms with Crippen LogP contribution in [0.2, 0.25) is 0 Å². The molecule has 0 aliphatic carbocycles. The second-order valence-electron chi connectivity index (χ2n) is 7.87. The summed E-state index contributed by atoms with van der Waals surface area (Å²) >= 11 is 0. The van der Waals surface area contributed by atoms with Gasteiger partial charge in [-0.1, -0.05) is 24.3 Å². The fourth-order valence-corrected chi connectivity index (χ4v) is 3.64. The lowest BCUT2D eigenvalue weighted by Crippen LogP contribution is -2.49. The standard InChI is InChI=1S/C24H34N4O2.HI/c1-18(2)28-15-13-20(14-16-28)27-24(25-3)26-17-19-9-11-21(12-10-19)30-23-8-6-5-7-22(23)29-4;/h5-12,18,20H,13-17H2,1-4H3,(H2,25,26,27);1H. The Kier molecular flexibility index (Phi) is 10.4. The van der Waals surface area contributed by atoms with Crippen molar-refractivity contribution in [3.63, 3.8) is 0 Å². The Hall–Kier alpha value is -2.00. The number of aliphatic imine (C=N–C) groups is 1. The normalized spacial score (nSPS) is 15.3. The van der Waals surface area contributed by atoms with Gasteiger partial charge in [0, 0.05) is 38.8 Å². The Balaban J connectivity index is 0.00000341. The van der Waals surface area contributed by atoms with Crippen molar-refractivity contribution in [2.45, 2.75) is 45.3 Å². The quantitative estimate of drug-likeness (QED) is 0.306. The van der Waals surface area contributed by atoms with Gasteiger partial charge in [-0.15, -0.1) is 24.0 Å². The van der Waals surface area contributed by atoms with Gasteiger partial charge in [-0.05, 0) is 56.5 Å². The van der Waals surface area contributed by atoms with E-state index in [0.717, 1.165) is 43.4 Å². The van der Waals surface area contributed by atoms with Gasteiger partial charge in [0.2, 0.25) is 0 Å². The van der Waals surface area contributed by atoms with Crippen LogP contribution in [0.4, 0.5) is 0 Å². The van der Waals surface area contributed by atoms with Gasteiger partial charge >= 0.3 is 0 Å².